The lowest BCUT2D eigenvalue weighted by Crippen LogP contribution is -2.09. The minimum absolute atomic E-state index is 0.260. The molecule has 0 aliphatic heterocycles. The summed E-state index contributed by atoms with van der Waals surface area (Å²) in [4.78, 5) is 9.43. The van der Waals surface area contributed by atoms with Crippen molar-refractivity contribution in [3.8, 4) is 11.5 Å². The van der Waals surface area contributed by atoms with Gasteiger partial charge >= 0.3 is 0 Å². The summed E-state index contributed by atoms with van der Waals surface area (Å²) in [6.07, 6.45) is 0.752. The van der Waals surface area contributed by atoms with Crippen molar-refractivity contribution in [2.24, 2.45) is 7.05 Å². The molecule has 0 amide bonds. The number of rotatable bonds is 9. The standard InChI is InChI=1S/C24H27FN6O2/c1-5-19-21-22(26-13-15-6-9-17(25)10-7-15)28-24(29-23(21)31(2)30-19)27-14-16-8-11-18(32-3)12-20(16)33-4/h6-12H,5,13-14H2,1-4H3,(H2,26,27,28,29). The fourth-order valence-electron chi connectivity index (χ4n) is 3.64. The van der Waals surface area contributed by atoms with Gasteiger partial charge in [0, 0.05) is 31.8 Å². The van der Waals surface area contributed by atoms with Gasteiger partial charge in [-0.05, 0) is 36.2 Å². The Bertz CT molecular complexity index is 1260. The molecule has 2 aromatic heterocycles. The molecule has 0 saturated carbocycles. The first-order valence-corrected chi connectivity index (χ1v) is 10.7. The molecule has 0 unspecified atom stereocenters. The summed E-state index contributed by atoms with van der Waals surface area (Å²) >= 11 is 0. The van der Waals surface area contributed by atoms with Gasteiger partial charge in [-0.25, -0.2) is 9.07 Å². The van der Waals surface area contributed by atoms with Crippen molar-refractivity contribution in [3.63, 3.8) is 0 Å². The van der Waals surface area contributed by atoms with Crippen LogP contribution in [0, 0.1) is 5.82 Å². The molecule has 0 atom stereocenters. The molecule has 2 N–H and O–H groups in total. The Hall–Kier alpha value is -3.88. The summed E-state index contributed by atoms with van der Waals surface area (Å²) < 4.78 is 25.8. The molecule has 172 valence electrons. The number of anilines is 2. The van der Waals surface area contributed by atoms with E-state index in [1.165, 1.54) is 12.1 Å². The fraction of sp³-hybridized carbons (Fsp3) is 0.292. The molecule has 0 saturated heterocycles. The number of hydrogen-bond acceptors (Lipinski definition) is 7. The van der Waals surface area contributed by atoms with E-state index in [4.69, 9.17) is 19.4 Å². The van der Waals surface area contributed by atoms with Crippen LogP contribution in [0.4, 0.5) is 16.2 Å². The first kappa shape index (κ1) is 22.3. The Balaban J connectivity index is 1.63. The molecule has 2 heterocycles. The molecule has 33 heavy (non-hydrogen) atoms. The highest BCUT2D eigenvalue weighted by molar-refractivity contribution is 5.90. The number of methoxy groups -OCH3 is 2. The maximum absolute atomic E-state index is 13.3. The minimum Gasteiger partial charge on any atom is -0.497 e. The van der Waals surface area contributed by atoms with Gasteiger partial charge in [0.2, 0.25) is 5.95 Å². The van der Waals surface area contributed by atoms with Crippen LogP contribution in [0.5, 0.6) is 11.5 Å². The molecule has 0 aliphatic carbocycles. The Kier molecular flexibility index (Phi) is 6.58. The summed E-state index contributed by atoms with van der Waals surface area (Å²) in [6.45, 7) is 3.01. The Morgan fingerprint density at radius 3 is 2.45 bits per heavy atom. The van der Waals surface area contributed by atoms with Crippen LogP contribution in [0.1, 0.15) is 23.7 Å². The zero-order chi connectivity index (χ0) is 23.4. The SMILES string of the molecule is CCc1nn(C)c2nc(NCc3ccc(OC)cc3OC)nc(NCc3ccc(F)cc3)c12. The Labute approximate surface area is 191 Å². The molecule has 9 heteroatoms. The topological polar surface area (TPSA) is 86.1 Å². The summed E-state index contributed by atoms with van der Waals surface area (Å²) in [7, 11) is 5.11. The first-order chi connectivity index (χ1) is 16.0. The lowest BCUT2D eigenvalue weighted by molar-refractivity contribution is 0.391. The highest BCUT2D eigenvalue weighted by atomic mass is 19.1. The Morgan fingerprint density at radius 1 is 0.970 bits per heavy atom. The fourth-order valence-corrected chi connectivity index (χ4v) is 3.64. The van der Waals surface area contributed by atoms with Crippen LogP contribution in [-0.4, -0.2) is 34.0 Å². The van der Waals surface area contributed by atoms with Crippen LogP contribution in [0.25, 0.3) is 11.0 Å². The van der Waals surface area contributed by atoms with Gasteiger partial charge < -0.3 is 20.1 Å². The van der Waals surface area contributed by atoms with Crippen LogP contribution in [0.15, 0.2) is 42.5 Å². The van der Waals surface area contributed by atoms with Crippen molar-refractivity contribution in [2.75, 3.05) is 24.9 Å². The molecular formula is C24H27FN6O2. The predicted molar refractivity (Wildman–Crippen MR) is 126 cm³/mol. The van der Waals surface area contributed by atoms with E-state index in [1.54, 1.807) is 31.0 Å². The molecule has 0 bridgehead atoms. The largest absolute Gasteiger partial charge is 0.497 e. The van der Waals surface area contributed by atoms with E-state index in [2.05, 4.69) is 15.7 Å². The highest BCUT2D eigenvalue weighted by Gasteiger charge is 2.17. The third-order valence-corrected chi connectivity index (χ3v) is 5.40. The average molecular weight is 451 g/mol. The molecular weight excluding hydrogens is 423 g/mol. The average Bonchev–Trinajstić information content (AvgIpc) is 3.17. The van der Waals surface area contributed by atoms with E-state index in [9.17, 15) is 4.39 Å². The number of ether oxygens (including phenoxy) is 2. The minimum atomic E-state index is -0.260. The lowest BCUT2D eigenvalue weighted by atomic mass is 10.2. The van der Waals surface area contributed by atoms with Crippen molar-refractivity contribution in [1.29, 1.82) is 0 Å². The van der Waals surface area contributed by atoms with Crippen LogP contribution >= 0.6 is 0 Å². The van der Waals surface area contributed by atoms with Crippen LogP contribution in [0.2, 0.25) is 0 Å². The van der Waals surface area contributed by atoms with Crippen molar-refractivity contribution in [1.82, 2.24) is 19.7 Å². The number of fused-ring (bicyclic) bond motifs is 1. The van der Waals surface area contributed by atoms with Gasteiger partial charge in [0.1, 0.15) is 23.1 Å². The van der Waals surface area contributed by atoms with E-state index in [0.29, 0.717) is 30.6 Å². The third kappa shape index (κ3) is 4.82. The van der Waals surface area contributed by atoms with Crippen molar-refractivity contribution in [3.05, 3.63) is 65.1 Å². The summed E-state index contributed by atoms with van der Waals surface area (Å²) in [5, 5.41) is 12.2. The van der Waals surface area contributed by atoms with Crippen LogP contribution in [0.3, 0.4) is 0 Å². The lowest BCUT2D eigenvalue weighted by Gasteiger charge is -2.13. The van der Waals surface area contributed by atoms with Gasteiger partial charge in [-0.3, -0.25) is 0 Å². The van der Waals surface area contributed by atoms with E-state index in [1.807, 2.05) is 32.2 Å². The van der Waals surface area contributed by atoms with Crippen molar-refractivity contribution in [2.45, 2.75) is 26.4 Å². The number of hydrogen-bond donors (Lipinski definition) is 2. The molecule has 0 aliphatic rings. The van der Waals surface area contributed by atoms with E-state index >= 15 is 0 Å². The molecule has 0 radical (unpaired) electrons. The number of nitrogens with zero attached hydrogens (tertiary/aromatic N) is 4. The summed E-state index contributed by atoms with van der Waals surface area (Å²) in [5.41, 5.74) is 3.54. The van der Waals surface area contributed by atoms with E-state index < -0.39 is 0 Å². The number of halogens is 1. The normalized spacial score (nSPS) is 10.9. The first-order valence-electron chi connectivity index (χ1n) is 10.7. The number of aryl methyl sites for hydroxylation is 2. The maximum Gasteiger partial charge on any atom is 0.226 e. The molecule has 4 rings (SSSR count). The van der Waals surface area contributed by atoms with Crippen LogP contribution in [-0.2, 0) is 26.6 Å². The Morgan fingerprint density at radius 2 is 1.76 bits per heavy atom. The second-order valence-corrected chi connectivity index (χ2v) is 7.53. The number of aromatic nitrogens is 4. The number of nitrogens with one attached hydrogen (secondary N) is 2. The predicted octanol–water partition coefficient (Wildman–Crippen LogP) is 4.31. The quantitative estimate of drug-likeness (QED) is 0.393. The highest BCUT2D eigenvalue weighted by Crippen LogP contribution is 2.28. The van der Waals surface area contributed by atoms with Crippen molar-refractivity contribution >= 4 is 22.8 Å². The zero-order valence-corrected chi connectivity index (χ0v) is 19.1. The van der Waals surface area contributed by atoms with Gasteiger partial charge in [-0.15, -0.1) is 0 Å². The molecule has 8 nitrogen and oxygen atoms in total. The summed E-state index contributed by atoms with van der Waals surface area (Å²) in [6, 6.07) is 12.1. The van der Waals surface area contributed by atoms with Gasteiger partial charge in [0.15, 0.2) is 5.65 Å². The van der Waals surface area contributed by atoms with Crippen molar-refractivity contribution < 1.29 is 13.9 Å². The number of benzene rings is 2. The van der Waals surface area contributed by atoms with Gasteiger partial charge in [-0.2, -0.15) is 15.1 Å². The van der Waals surface area contributed by atoms with Crippen LogP contribution < -0.4 is 20.1 Å². The van der Waals surface area contributed by atoms with Gasteiger partial charge in [0.05, 0.1) is 25.3 Å². The maximum atomic E-state index is 13.3. The monoisotopic (exact) mass is 450 g/mol. The molecule has 0 spiro atoms. The van der Waals surface area contributed by atoms with E-state index in [0.717, 1.165) is 40.0 Å². The molecule has 4 aromatic rings. The molecule has 0 fully saturated rings. The van der Waals surface area contributed by atoms with Gasteiger partial charge in [-0.1, -0.05) is 19.1 Å². The second kappa shape index (κ2) is 9.72. The third-order valence-electron chi connectivity index (χ3n) is 5.40. The smallest absolute Gasteiger partial charge is 0.226 e. The second-order valence-electron chi connectivity index (χ2n) is 7.53. The molecule has 2 aromatic carbocycles. The summed E-state index contributed by atoms with van der Waals surface area (Å²) in [5.74, 6) is 2.32. The van der Waals surface area contributed by atoms with E-state index in [-0.39, 0.29) is 5.82 Å². The van der Waals surface area contributed by atoms with Gasteiger partial charge in [0.25, 0.3) is 0 Å². The zero-order valence-electron chi connectivity index (χ0n) is 19.1.